The van der Waals surface area contributed by atoms with E-state index in [4.69, 9.17) is 0 Å². The van der Waals surface area contributed by atoms with Gasteiger partial charge in [0.15, 0.2) is 0 Å². The Bertz CT molecular complexity index is 814. The van der Waals surface area contributed by atoms with E-state index in [-0.39, 0.29) is 12.1 Å². The van der Waals surface area contributed by atoms with Crippen molar-refractivity contribution in [1.29, 1.82) is 0 Å². The van der Waals surface area contributed by atoms with Crippen LogP contribution in [0.25, 0.3) is 21.8 Å². The van der Waals surface area contributed by atoms with Crippen LogP contribution < -0.4 is 10.6 Å². The second kappa shape index (κ2) is 5.36. The zero-order valence-electron chi connectivity index (χ0n) is 11.9. The van der Waals surface area contributed by atoms with Gasteiger partial charge >= 0.3 is 6.03 Å². The molecule has 5 nitrogen and oxygen atoms in total. The number of benzene rings is 1. The molecule has 0 saturated heterocycles. The molecule has 3 rings (SSSR count). The summed E-state index contributed by atoms with van der Waals surface area (Å²) >= 11 is 0. The number of amides is 2. The second-order valence-corrected chi connectivity index (χ2v) is 5.15. The number of nitrogens with zero attached hydrogens (tertiary/aromatic N) is 2. The van der Waals surface area contributed by atoms with Gasteiger partial charge in [0.2, 0.25) is 0 Å². The highest BCUT2D eigenvalue weighted by molar-refractivity contribution is 6.12. The van der Waals surface area contributed by atoms with Crippen molar-refractivity contribution < 1.29 is 4.79 Å². The average molecular weight is 280 g/mol. The topological polar surface area (TPSA) is 66.9 Å². The molecule has 1 aromatic carbocycles. The number of hydrogen-bond donors (Lipinski definition) is 2. The van der Waals surface area contributed by atoms with Gasteiger partial charge in [-0.2, -0.15) is 0 Å². The summed E-state index contributed by atoms with van der Waals surface area (Å²) in [6, 6.07) is 9.45. The van der Waals surface area contributed by atoms with Crippen molar-refractivity contribution in [2.24, 2.45) is 0 Å². The summed E-state index contributed by atoms with van der Waals surface area (Å²) in [7, 11) is 0. The third-order valence-electron chi connectivity index (χ3n) is 3.14. The largest absolute Gasteiger partial charge is 0.336 e. The summed E-state index contributed by atoms with van der Waals surface area (Å²) in [6.45, 7) is 3.83. The Kier molecular flexibility index (Phi) is 3.39. The highest BCUT2D eigenvalue weighted by atomic mass is 16.2. The number of anilines is 1. The minimum absolute atomic E-state index is 0.0720. The standard InChI is InChI=1S/C16H16N4O/c1-10(2)19-16(21)20-14-9-13-11(5-3-7-17-13)12-6-4-8-18-15(12)14/h3-10H,1-2H3,(H2,19,20,21). The Hall–Kier alpha value is -2.69. The summed E-state index contributed by atoms with van der Waals surface area (Å²) in [5, 5.41) is 7.66. The normalized spacial score (nSPS) is 11.0. The zero-order chi connectivity index (χ0) is 14.8. The van der Waals surface area contributed by atoms with E-state index < -0.39 is 0 Å². The molecule has 3 aromatic rings. The smallest absolute Gasteiger partial charge is 0.319 e. The molecule has 0 fully saturated rings. The van der Waals surface area contributed by atoms with E-state index in [9.17, 15) is 4.79 Å². The first kappa shape index (κ1) is 13.3. The van der Waals surface area contributed by atoms with Crippen molar-refractivity contribution in [3.8, 4) is 0 Å². The van der Waals surface area contributed by atoms with Gasteiger partial charge in [-0.25, -0.2) is 4.79 Å². The molecule has 0 aliphatic rings. The molecule has 0 aliphatic carbocycles. The molecule has 0 bridgehead atoms. The molecule has 21 heavy (non-hydrogen) atoms. The van der Waals surface area contributed by atoms with Crippen molar-refractivity contribution in [2.45, 2.75) is 19.9 Å². The van der Waals surface area contributed by atoms with Crippen LogP contribution >= 0.6 is 0 Å². The van der Waals surface area contributed by atoms with E-state index in [0.717, 1.165) is 21.8 Å². The van der Waals surface area contributed by atoms with Crippen molar-refractivity contribution in [1.82, 2.24) is 15.3 Å². The van der Waals surface area contributed by atoms with Gasteiger partial charge in [0.05, 0.1) is 16.7 Å². The molecular weight excluding hydrogens is 264 g/mol. The first-order valence-corrected chi connectivity index (χ1v) is 6.85. The lowest BCUT2D eigenvalue weighted by atomic mass is 10.1. The fourth-order valence-corrected chi connectivity index (χ4v) is 2.32. The fourth-order valence-electron chi connectivity index (χ4n) is 2.32. The zero-order valence-corrected chi connectivity index (χ0v) is 11.9. The predicted octanol–water partition coefficient (Wildman–Crippen LogP) is 3.31. The van der Waals surface area contributed by atoms with E-state index in [0.29, 0.717) is 5.69 Å². The Balaban J connectivity index is 2.14. The Morgan fingerprint density at radius 3 is 2.57 bits per heavy atom. The van der Waals surface area contributed by atoms with E-state index in [2.05, 4.69) is 20.6 Å². The molecular formula is C16H16N4O. The number of carbonyl (C=O) groups is 1. The summed E-state index contributed by atoms with van der Waals surface area (Å²) in [5.41, 5.74) is 2.25. The van der Waals surface area contributed by atoms with Gasteiger partial charge < -0.3 is 10.6 Å². The molecule has 0 atom stereocenters. The van der Waals surface area contributed by atoms with Crippen LogP contribution in [0, 0.1) is 0 Å². The number of fused-ring (bicyclic) bond motifs is 3. The summed E-state index contributed by atoms with van der Waals surface area (Å²) in [5.74, 6) is 0. The van der Waals surface area contributed by atoms with Gasteiger partial charge in [0.25, 0.3) is 0 Å². The fraction of sp³-hybridized carbons (Fsp3) is 0.188. The van der Waals surface area contributed by atoms with E-state index in [1.54, 1.807) is 12.4 Å². The Morgan fingerprint density at radius 1 is 1.10 bits per heavy atom. The maximum atomic E-state index is 11.9. The van der Waals surface area contributed by atoms with Crippen molar-refractivity contribution >= 4 is 33.5 Å². The number of hydrogen-bond acceptors (Lipinski definition) is 3. The van der Waals surface area contributed by atoms with Crippen LogP contribution in [0.2, 0.25) is 0 Å². The van der Waals surface area contributed by atoms with Crippen LogP contribution in [0.5, 0.6) is 0 Å². The Morgan fingerprint density at radius 2 is 1.81 bits per heavy atom. The molecule has 0 aliphatic heterocycles. The maximum absolute atomic E-state index is 11.9. The first-order valence-electron chi connectivity index (χ1n) is 6.85. The minimum atomic E-state index is -0.243. The average Bonchev–Trinajstić information content (AvgIpc) is 2.46. The Labute approximate surface area is 122 Å². The number of rotatable bonds is 2. The molecule has 106 valence electrons. The molecule has 2 N–H and O–H groups in total. The highest BCUT2D eigenvalue weighted by Gasteiger charge is 2.11. The van der Waals surface area contributed by atoms with Crippen LogP contribution in [-0.4, -0.2) is 22.0 Å². The van der Waals surface area contributed by atoms with E-state index >= 15 is 0 Å². The van der Waals surface area contributed by atoms with E-state index in [1.807, 2.05) is 44.2 Å². The lowest BCUT2D eigenvalue weighted by molar-refractivity contribution is 0.250. The van der Waals surface area contributed by atoms with Crippen molar-refractivity contribution in [3.05, 3.63) is 42.7 Å². The van der Waals surface area contributed by atoms with Gasteiger partial charge in [0, 0.05) is 29.2 Å². The lowest BCUT2D eigenvalue weighted by Gasteiger charge is -2.12. The van der Waals surface area contributed by atoms with Crippen LogP contribution in [-0.2, 0) is 0 Å². The van der Waals surface area contributed by atoms with Crippen LogP contribution in [0.15, 0.2) is 42.7 Å². The third-order valence-corrected chi connectivity index (χ3v) is 3.14. The third kappa shape index (κ3) is 2.63. The molecule has 0 unspecified atom stereocenters. The maximum Gasteiger partial charge on any atom is 0.319 e. The molecule has 0 saturated carbocycles. The molecule has 2 aromatic heterocycles. The monoisotopic (exact) mass is 280 g/mol. The van der Waals surface area contributed by atoms with E-state index in [1.165, 1.54) is 0 Å². The van der Waals surface area contributed by atoms with Gasteiger partial charge in [-0.1, -0.05) is 12.1 Å². The van der Waals surface area contributed by atoms with Crippen molar-refractivity contribution in [3.63, 3.8) is 0 Å². The van der Waals surface area contributed by atoms with Crippen LogP contribution in [0.4, 0.5) is 10.5 Å². The molecule has 5 heteroatoms. The molecule has 2 heterocycles. The van der Waals surface area contributed by atoms with Crippen LogP contribution in [0.1, 0.15) is 13.8 Å². The van der Waals surface area contributed by atoms with Gasteiger partial charge in [-0.3, -0.25) is 9.97 Å². The summed E-state index contributed by atoms with van der Waals surface area (Å²) in [4.78, 5) is 20.7. The summed E-state index contributed by atoms with van der Waals surface area (Å²) < 4.78 is 0. The number of nitrogens with one attached hydrogen (secondary N) is 2. The SMILES string of the molecule is CC(C)NC(=O)Nc1cc2ncccc2c2cccnc12. The minimum Gasteiger partial charge on any atom is -0.336 e. The molecule has 0 spiro atoms. The number of urea groups is 1. The van der Waals surface area contributed by atoms with Gasteiger partial charge in [0.1, 0.15) is 0 Å². The number of aromatic nitrogens is 2. The quantitative estimate of drug-likeness (QED) is 0.708. The number of carbonyl (C=O) groups excluding carboxylic acids is 1. The van der Waals surface area contributed by atoms with Gasteiger partial charge in [-0.05, 0) is 32.0 Å². The van der Waals surface area contributed by atoms with Gasteiger partial charge in [-0.15, -0.1) is 0 Å². The highest BCUT2D eigenvalue weighted by Crippen LogP contribution is 2.29. The lowest BCUT2D eigenvalue weighted by Crippen LogP contribution is -2.34. The first-order chi connectivity index (χ1) is 10.1. The van der Waals surface area contributed by atoms with Crippen LogP contribution in [0.3, 0.4) is 0 Å². The number of pyridine rings is 2. The second-order valence-electron chi connectivity index (χ2n) is 5.15. The van der Waals surface area contributed by atoms with Crippen molar-refractivity contribution in [2.75, 3.05) is 5.32 Å². The molecule has 2 amide bonds. The summed E-state index contributed by atoms with van der Waals surface area (Å²) in [6.07, 6.45) is 3.46. The predicted molar refractivity (Wildman–Crippen MR) is 84.3 cm³/mol. The molecule has 0 radical (unpaired) electrons.